The number of aryl methyl sites for hydroxylation is 1. The third kappa shape index (κ3) is 5.20. The van der Waals surface area contributed by atoms with Crippen LogP contribution in [-0.2, 0) is 20.9 Å². The molecule has 1 fully saturated rings. The lowest BCUT2D eigenvalue weighted by atomic mass is 9.97. The topological polar surface area (TPSA) is 99.7 Å². The number of hydrogen-bond donors (Lipinski definition) is 1. The number of rotatable bonds is 8. The Morgan fingerprint density at radius 1 is 1.19 bits per heavy atom. The molecule has 0 spiro atoms. The minimum Gasteiger partial charge on any atom is -0.490 e. The van der Waals surface area contributed by atoms with Crippen LogP contribution in [0.4, 0.5) is 0 Å². The summed E-state index contributed by atoms with van der Waals surface area (Å²) in [4.78, 5) is 26.4. The third-order valence-corrected chi connectivity index (χ3v) is 5.75. The molecule has 0 aliphatic carbocycles. The molecule has 32 heavy (non-hydrogen) atoms. The summed E-state index contributed by atoms with van der Waals surface area (Å²) in [5.74, 6) is 0.0473. The van der Waals surface area contributed by atoms with Gasteiger partial charge in [0.1, 0.15) is 18.0 Å². The monoisotopic (exact) mass is 456 g/mol. The Morgan fingerprint density at radius 3 is 2.75 bits per heavy atom. The Morgan fingerprint density at radius 2 is 1.97 bits per heavy atom. The van der Waals surface area contributed by atoms with Crippen LogP contribution in [0.2, 0.25) is 5.02 Å². The number of carbonyl (C=O) groups is 2. The summed E-state index contributed by atoms with van der Waals surface area (Å²) in [6.07, 6.45) is 2.03. The van der Waals surface area contributed by atoms with E-state index in [2.05, 4.69) is 5.10 Å². The van der Waals surface area contributed by atoms with Gasteiger partial charge in [0.25, 0.3) is 0 Å². The van der Waals surface area contributed by atoms with Crippen molar-refractivity contribution < 1.29 is 19.1 Å². The first-order valence-electron chi connectivity index (χ1n) is 10.4. The van der Waals surface area contributed by atoms with Crippen LogP contribution < -0.4 is 10.5 Å². The lowest BCUT2D eigenvalue weighted by Gasteiger charge is -2.42. The molecule has 1 aliphatic heterocycles. The fourth-order valence-corrected chi connectivity index (χ4v) is 4.06. The molecule has 1 atom stereocenters. The second-order valence-electron chi connectivity index (χ2n) is 7.91. The van der Waals surface area contributed by atoms with E-state index < -0.39 is 11.5 Å². The summed E-state index contributed by atoms with van der Waals surface area (Å²) >= 11 is 5.92. The van der Waals surface area contributed by atoms with Crippen LogP contribution in [0.25, 0.3) is 10.9 Å². The van der Waals surface area contributed by atoms with E-state index in [4.69, 9.17) is 26.8 Å². The van der Waals surface area contributed by atoms with Crippen molar-refractivity contribution in [1.82, 2.24) is 14.7 Å². The second kappa shape index (κ2) is 9.58. The van der Waals surface area contributed by atoms with E-state index in [9.17, 15) is 9.59 Å². The van der Waals surface area contributed by atoms with Gasteiger partial charge >= 0.3 is 0 Å². The molecular weight excluding hydrogens is 432 g/mol. The Bertz CT molecular complexity index is 1100. The van der Waals surface area contributed by atoms with Crippen LogP contribution in [0, 0.1) is 0 Å². The molecule has 2 N–H and O–H groups in total. The van der Waals surface area contributed by atoms with Gasteiger partial charge in [-0.05, 0) is 30.3 Å². The van der Waals surface area contributed by atoms with Crippen molar-refractivity contribution in [2.75, 3.05) is 26.3 Å². The predicted octanol–water partition coefficient (Wildman–Crippen LogP) is 2.63. The van der Waals surface area contributed by atoms with Crippen molar-refractivity contribution in [3.8, 4) is 5.75 Å². The molecule has 168 valence electrons. The van der Waals surface area contributed by atoms with Crippen LogP contribution in [0.5, 0.6) is 5.75 Å². The summed E-state index contributed by atoms with van der Waals surface area (Å²) < 4.78 is 13.6. The average Bonchev–Trinajstić information content (AvgIpc) is 3.20. The van der Waals surface area contributed by atoms with E-state index in [0.717, 1.165) is 10.9 Å². The van der Waals surface area contributed by atoms with Gasteiger partial charge in [0, 0.05) is 23.4 Å². The fraction of sp³-hybridized carbons (Fsp3) is 0.348. The van der Waals surface area contributed by atoms with E-state index in [1.807, 2.05) is 28.9 Å². The highest BCUT2D eigenvalue weighted by molar-refractivity contribution is 6.30. The number of hydrogen-bond acceptors (Lipinski definition) is 5. The van der Waals surface area contributed by atoms with Crippen molar-refractivity contribution in [3.63, 3.8) is 0 Å². The zero-order chi connectivity index (χ0) is 22.6. The van der Waals surface area contributed by atoms with Gasteiger partial charge in [-0.25, -0.2) is 0 Å². The smallest absolute Gasteiger partial charge is 0.224 e. The molecule has 0 radical (unpaired) electrons. The summed E-state index contributed by atoms with van der Waals surface area (Å²) in [7, 11) is 0. The minimum absolute atomic E-state index is 0.0341. The molecule has 1 saturated heterocycles. The highest BCUT2D eigenvalue weighted by Gasteiger charge is 2.40. The van der Waals surface area contributed by atoms with E-state index >= 15 is 0 Å². The van der Waals surface area contributed by atoms with Crippen LogP contribution in [0.1, 0.15) is 12.8 Å². The Balaban J connectivity index is 1.41. The van der Waals surface area contributed by atoms with Crippen molar-refractivity contribution in [1.29, 1.82) is 0 Å². The van der Waals surface area contributed by atoms with Crippen LogP contribution in [0.3, 0.4) is 0 Å². The zero-order valence-corrected chi connectivity index (χ0v) is 18.3. The number of fused-ring (bicyclic) bond motifs is 1. The number of halogens is 1. The van der Waals surface area contributed by atoms with Gasteiger partial charge in [0.15, 0.2) is 0 Å². The maximum atomic E-state index is 13.0. The largest absolute Gasteiger partial charge is 0.490 e. The van der Waals surface area contributed by atoms with Crippen molar-refractivity contribution in [3.05, 3.63) is 59.8 Å². The summed E-state index contributed by atoms with van der Waals surface area (Å²) in [6, 6.07) is 14.8. The van der Waals surface area contributed by atoms with Gasteiger partial charge in [0.2, 0.25) is 11.8 Å². The number of primary amides is 1. The highest BCUT2D eigenvalue weighted by atomic mass is 35.5. The molecule has 9 heteroatoms. The van der Waals surface area contributed by atoms with E-state index in [0.29, 0.717) is 30.5 Å². The van der Waals surface area contributed by atoms with E-state index in [1.165, 1.54) is 0 Å². The van der Waals surface area contributed by atoms with Crippen LogP contribution in [-0.4, -0.2) is 58.4 Å². The first-order valence-corrected chi connectivity index (χ1v) is 10.8. The summed E-state index contributed by atoms with van der Waals surface area (Å²) in [5.41, 5.74) is 5.47. The maximum Gasteiger partial charge on any atom is 0.224 e. The van der Waals surface area contributed by atoms with Gasteiger partial charge in [-0.2, -0.15) is 5.10 Å². The molecule has 1 aliphatic rings. The number of nitrogens with two attached hydrogens (primary N) is 1. The number of morpholine rings is 1. The standard InChI is InChI=1S/C23H25ClN4O4/c24-18-5-7-19(8-6-18)31-16-23(13-21(25)29)15-27(11-12-32-23)22(30)9-10-28-20-4-2-1-3-17(20)14-26-28/h1-8,14H,9-13,15-16H2,(H2,25,29)/t23-/m1/s1. The third-order valence-electron chi connectivity index (χ3n) is 5.50. The van der Waals surface area contributed by atoms with Gasteiger partial charge in [-0.15, -0.1) is 0 Å². The Labute approximate surface area is 190 Å². The molecule has 2 heterocycles. The lowest BCUT2D eigenvalue weighted by Crippen LogP contribution is -2.58. The van der Waals surface area contributed by atoms with Crippen LogP contribution in [0.15, 0.2) is 54.7 Å². The van der Waals surface area contributed by atoms with Gasteiger partial charge < -0.3 is 20.1 Å². The van der Waals surface area contributed by atoms with Crippen molar-refractivity contribution >= 4 is 34.3 Å². The summed E-state index contributed by atoms with van der Waals surface area (Å²) in [5, 5.41) is 6.01. The average molecular weight is 457 g/mol. The molecule has 0 unspecified atom stereocenters. The molecule has 1 aromatic heterocycles. The first kappa shape index (κ1) is 22.1. The van der Waals surface area contributed by atoms with Crippen molar-refractivity contribution in [2.45, 2.75) is 25.0 Å². The number of carbonyl (C=O) groups excluding carboxylic acids is 2. The lowest BCUT2D eigenvalue weighted by molar-refractivity contribution is -0.161. The fourth-order valence-electron chi connectivity index (χ4n) is 3.93. The number of para-hydroxylation sites is 1. The number of benzene rings is 2. The van der Waals surface area contributed by atoms with E-state index in [-0.39, 0.29) is 31.9 Å². The van der Waals surface area contributed by atoms with Crippen LogP contribution >= 0.6 is 11.6 Å². The molecule has 2 aromatic carbocycles. The number of aromatic nitrogens is 2. The Hall–Kier alpha value is -3.10. The molecule has 4 rings (SSSR count). The quantitative estimate of drug-likeness (QED) is 0.561. The zero-order valence-electron chi connectivity index (χ0n) is 17.6. The number of ether oxygens (including phenoxy) is 2. The maximum absolute atomic E-state index is 13.0. The SMILES string of the molecule is NC(=O)C[C@]1(COc2ccc(Cl)cc2)CN(C(=O)CCn2ncc3ccccc32)CCO1. The molecular formula is C23H25ClN4O4. The minimum atomic E-state index is -1.00. The molecule has 3 aromatic rings. The van der Waals surface area contributed by atoms with Gasteiger partial charge in [0.05, 0.1) is 37.8 Å². The second-order valence-corrected chi connectivity index (χ2v) is 8.35. The first-order chi connectivity index (χ1) is 15.4. The number of nitrogens with zero attached hydrogens (tertiary/aromatic N) is 3. The van der Waals surface area contributed by atoms with Gasteiger partial charge in [-0.3, -0.25) is 14.3 Å². The predicted molar refractivity (Wildman–Crippen MR) is 120 cm³/mol. The molecule has 8 nitrogen and oxygen atoms in total. The van der Waals surface area contributed by atoms with E-state index in [1.54, 1.807) is 35.4 Å². The normalized spacial score (nSPS) is 18.6. The van der Waals surface area contributed by atoms with Gasteiger partial charge in [-0.1, -0.05) is 29.8 Å². The van der Waals surface area contributed by atoms with Crippen molar-refractivity contribution in [2.24, 2.45) is 5.73 Å². The molecule has 0 bridgehead atoms. The number of amides is 2. The molecule has 0 saturated carbocycles. The Kier molecular flexibility index (Phi) is 6.62. The summed E-state index contributed by atoms with van der Waals surface area (Å²) in [6.45, 7) is 1.52. The highest BCUT2D eigenvalue weighted by Crippen LogP contribution is 2.25. The molecule has 2 amide bonds.